The summed E-state index contributed by atoms with van der Waals surface area (Å²) in [6.07, 6.45) is 2.02. The van der Waals surface area contributed by atoms with E-state index < -0.39 is 11.9 Å². The predicted octanol–water partition coefficient (Wildman–Crippen LogP) is 2.47. The maximum Gasteiger partial charge on any atom is 0.341 e. The molecule has 10 heteroatoms. The Morgan fingerprint density at radius 1 is 1.38 bits per heavy atom. The number of esters is 1. The smallest absolute Gasteiger partial charge is 0.341 e. The summed E-state index contributed by atoms with van der Waals surface area (Å²) < 4.78 is 7.73. The van der Waals surface area contributed by atoms with Gasteiger partial charge in [-0.3, -0.25) is 14.3 Å². The van der Waals surface area contributed by atoms with Gasteiger partial charge in [0.1, 0.15) is 5.00 Å². The fraction of sp³-hybridized carbons (Fsp3) is 0.375. The second kappa shape index (κ2) is 8.62. The molecule has 0 radical (unpaired) electrons. The summed E-state index contributed by atoms with van der Waals surface area (Å²) in [4.78, 5) is 36.3. The van der Waals surface area contributed by atoms with E-state index in [-0.39, 0.29) is 34.4 Å². The van der Waals surface area contributed by atoms with Crippen molar-refractivity contribution < 1.29 is 19.1 Å². The van der Waals surface area contributed by atoms with Crippen molar-refractivity contribution in [1.82, 2.24) is 9.78 Å². The predicted molar refractivity (Wildman–Crippen MR) is 106 cm³/mol. The fourth-order valence-corrected chi connectivity index (χ4v) is 3.79. The van der Waals surface area contributed by atoms with Crippen LogP contribution < -0.4 is 11.1 Å². The Hall–Kier alpha value is -1.95. The SMILES string of the molecule is CCOC(=O)c1c(NC(=O)CCn2cc(I)c(C)n2)sc(C(N)=O)c1C. The van der Waals surface area contributed by atoms with Crippen molar-refractivity contribution in [1.29, 1.82) is 0 Å². The third kappa shape index (κ3) is 4.61. The number of nitrogens with two attached hydrogens (primary N) is 1. The van der Waals surface area contributed by atoms with E-state index in [1.54, 1.807) is 18.5 Å². The van der Waals surface area contributed by atoms with Crippen LogP contribution in [0.5, 0.6) is 0 Å². The number of thiophene rings is 1. The molecule has 0 unspecified atom stereocenters. The van der Waals surface area contributed by atoms with Gasteiger partial charge < -0.3 is 15.8 Å². The zero-order chi connectivity index (χ0) is 19.4. The molecule has 0 aromatic carbocycles. The molecular weight excluding hydrogens is 471 g/mol. The number of carbonyl (C=O) groups excluding carboxylic acids is 3. The van der Waals surface area contributed by atoms with E-state index in [9.17, 15) is 14.4 Å². The molecule has 0 fully saturated rings. The molecule has 3 N–H and O–H groups in total. The lowest BCUT2D eigenvalue weighted by Crippen LogP contribution is -2.16. The molecule has 2 rings (SSSR count). The number of anilines is 1. The first-order chi connectivity index (χ1) is 12.2. The van der Waals surface area contributed by atoms with Gasteiger partial charge >= 0.3 is 5.97 Å². The van der Waals surface area contributed by atoms with E-state index in [1.807, 2.05) is 13.1 Å². The number of hydrogen-bond acceptors (Lipinski definition) is 6. The molecule has 0 aliphatic rings. The van der Waals surface area contributed by atoms with Crippen molar-refractivity contribution in [3.05, 3.63) is 31.5 Å². The highest BCUT2D eigenvalue weighted by atomic mass is 127. The minimum absolute atomic E-state index is 0.169. The van der Waals surface area contributed by atoms with Gasteiger partial charge in [-0.25, -0.2) is 4.79 Å². The van der Waals surface area contributed by atoms with Crippen molar-refractivity contribution in [2.45, 2.75) is 33.7 Å². The van der Waals surface area contributed by atoms with E-state index in [4.69, 9.17) is 10.5 Å². The van der Waals surface area contributed by atoms with Gasteiger partial charge in [-0.05, 0) is 48.9 Å². The standard InChI is InChI=1S/C16H19IN4O4S/c1-4-25-16(24)12-8(2)13(14(18)23)26-15(12)19-11(22)5-6-21-7-10(17)9(3)20-21/h7H,4-6H2,1-3H3,(H2,18,23)(H,19,22). The molecule has 140 valence electrons. The van der Waals surface area contributed by atoms with Crippen LogP contribution in [0.3, 0.4) is 0 Å². The summed E-state index contributed by atoms with van der Waals surface area (Å²) in [5.74, 6) is -1.54. The summed E-state index contributed by atoms with van der Waals surface area (Å²) in [5.41, 5.74) is 6.83. The number of carbonyl (C=O) groups is 3. The van der Waals surface area contributed by atoms with Crippen LogP contribution in [0.2, 0.25) is 0 Å². The average Bonchev–Trinajstić information content (AvgIpc) is 3.05. The number of rotatable bonds is 7. The molecule has 8 nitrogen and oxygen atoms in total. The van der Waals surface area contributed by atoms with E-state index >= 15 is 0 Å². The van der Waals surface area contributed by atoms with Crippen molar-refractivity contribution in [2.24, 2.45) is 5.73 Å². The minimum atomic E-state index is -0.653. The zero-order valence-corrected chi connectivity index (χ0v) is 17.6. The number of aromatic nitrogens is 2. The number of hydrogen-bond donors (Lipinski definition) is 2. The Labute approximate surface area is 168 Å². The molecule has 2 aromatic heterocycles. The number of nitrogens with one attached hydrogen (secondary N) is 1. The van der Waals surface area contributed by atoms with Gasteiger partial charge in [0.2, 0.25) is 5.91 Å². The van der Waals surface area contributed by atoms with E-state index in [0.29, 0.717) is 12.1 Å². The molecule has 26 heavy (non-hydrogen) atoms. The third-order valence-corrected chi connectivity index (χ3v) is 5.84. The van der Waals surface area contributed by atoms with Crippen LogP contribution in [0.15, 0.2) is 6.20 Å². The van der Waals surface area contributed by atoms with Crippen molar-refractivity contribution >= 4 is 56.7 Å². The highest BCUT2D eigenvalue weighted by Crippen LogP contribution is 2.33. The molecule has 2 amide bonds. The maximum absolute atomic E-state index is 12.3. The van der Waals surface area contributed by atoms with Crippen LogP contribution in [-0.4, -0.2) is 34.2 Å². The molecule has 0 atom stereocenters. The number of amides is 2. The highest BCUT2D eigenvalue weighted by molar-refractivity contribution is 14.1. The summed E-state index contributed by atoms with van der Waals surface area (Å²) >= 11 is 3.15. The number of ether oxygens (including phenoxy) is 1. The van der Waals surface area contributed by atoms with Crippen molar-refractivity contribution in [2.75, 3.05) is 11.9 Å². The summed E-state index contributed by atoms with van der Waals surface area (Å²) in [7, 11) is 0. The van der Waals surface area contributed by atoms with Gasteiger partial charge in [0.05, 0.1) is 26.3 Å². The molecule has 0 spiro atoms. The average molecular weight is 490 g/mol. The Morgan fingerprint density at radius 2 is 2.08 bits per heavy atom. The normalized spacial score (nSPS) is 10.6. The molecule has 2 heterocycles. The maximum atomic E-state index is 12.3. The highest BCUT2D eigenvalue weighted by Gasteiger charge is 2.25. The molecule has 0 saturated heterocycles. The first-order valence-corrected chi connectivity index (χ1v) is 9.73. The Balaban J connectivity index is 2.16. The number of primary amides is 1. The number of nitrogens with zero attached hydrogens (tertiary/aromatic N) is 2. The zero-order valence-electron chi connectivity index (χ0n) is 14.6. The van der Waals surface area contributed by atoms with E-state index in [0.717, 1.165) is 20.6 Å². The van der Waals surface area contributed by atoms with Crippen molar-refractivity contribution in [3.63, 3.8) is 0 Å². The molecule has 0 saturated carbocycles. The van der Waals surface area contributed by atoms with Crippen LogP contribution in [0, 0.1) is 17.4 Å². The van der Waals surface area contributed by atoms with Crippen LogP contribution in [0.1, 0.15) is 44.6 Å². The topological polar surface area (TPSA) is 116 Å². The van der Waals surface area contributed by atoms with Gasteiger partial charge in [-0.15, -0.1) is 11.3 Å². The lowest BCUT2D eigenvalue weighted by molar-refractivity contribution is -0.116. The molecule has 2 aromatic rings. The van der Waals surface area contributed by atoms with Gasteiger partial charge in [0.25, 0.3) is 5.91 Å². The number of halogens is 1. The third-order valence-electron chi connectivity index (χ3n) is 3.56. The van der Waals surface area contributed by atoms with Crippen LogP contribution >= 0.6 is 33.9 Å². The van der Waals surface area contributed by atoms with Crippen molar-refractivity contribution in [3.8, 4) is 0 Å². The van der Waals surface area contributed by atoms with Gasteiger partial charge in [-0.2, -0.15) is 5.10 Å². The van der Waals surface area contributed by atoms with Gasteiger partial charge in [-0.1, -0.05) is 0 Å². The van der Waals surface area contributed by atoms with Crippen LogP contribution in [0.4, 0.5) is 5.00 Å². The van der Waals surface area contributed by atoms with Gasteiger partial charge in [0, 0.05) is 19.2 Å². The lowest BCUT2D eigenvalue weighted by Gasteiger charge is -2.07. The van der Waals surface area contributed by atoms with Crippen LogP contribution in [0.25, 0.3) is 0 Å². The second-order valence-electron chi connectivity index (χ2n) is 5.47. The largest absolute Gasteiger partial charge is 0.462 e. The molecular formula is C16H19IN4O4S. The fourth-order valence-electron chi connectivity index (χ4n) is 2.30. The minimum Gasteiger partial charge on any atom is -0.462 e. The van der Waals surface area contributed by atoms with E-state index in [1.165, 1.54) is 0 Å². The lowest BCUT2D eigenvalue weighted by atomic mass is 10.1. The Bertz CT molecular complexity index is 839. The Kier molecular flexibility index (Phi) is 6.75. The molecule has 0 bridgehead atoms. The second-order valence-corrected chi connectivity index (χ2v) is 7.65. The van der Waals surface area contributed by atoms with Gasteiger partial charge in [0.15, 0.2) is 0 Å². The molecule has 0 aliphatic heterocycles. The summed E-state index contributed by atoms with van der Waals surface area (Å²) in [5, 5.41) is 7.25. The quantitative estimate of drug-likeness (QED) is 0.457. The summed E-state index contributed by atoms with van der Waals surface area (Å²) in [6.45, 7) is 5.76. The monoisotopic (exact) mass is 490 g/mol. The number of aryl methyl sites for hydroxylation is 2. The first-order valence-electron chi connectivity index (χ1n) is 7.84. The summed E-state index contributed by atoms with van der Waals surface area (Å²) in [6, 6.07) is 0. The van der Waals surface area contributed by atoms with Crippen LogP contribution in [-0.2, 0) is 16.1 Å². The van der Waals surface area contributed by atoms with E-state index in [2.05, 4.69) is 33.0 Å². The molecule has 0 aliphatic carbocycles. The first kappa shape index (κ1) is 20.4. The Morgan fingerprint density at radius 3 is 2.62 bits per heavy atom.